The van der Waals surface area contributed by atoms with Crippen LogP contribution in [0, 0.1) is 5.92 Å². The molecule has 1 aromatic carbocycles. The Balaban J connectivity index is 2.12. The van der Waals surface area contributed by atoms with E-state index in [4.69, 9.17) is 11.6 Å². The van der Waals surface area contributed by atoms with Crippen LogP contribution in [0.1, 0.15) is 6.42 Å². The number of hydrogen-bond acceptors (Lipinski definition) is 4. The fraction of sp³-hybridized carbons (Fsp3) is 0.308. The lowest BCUT2D eigenvalue weighted by molar-refractivity contribution is -0.117. The third-order valence-corrected chi connectivity index (χ3v) is 3.96. The SMILES string of the molecule is O=C1CC(CS)CN1c1nc(Cl)nc2ccccc12. The highest BCUT2D eigenvalue weighted by atomic mass is 35.5. The minimum atomic E-state index is 0.0685. The van der Waals surface area contributed by atoms with E-state index in [1.54, 1.807) is 4.90 Å². The lowest BCUT2D eigenvalue weighted by Crippen LogP contribution is -2.26. The van der Waals surface area contributed by atoms with Crippen molar-refractivity contribution in [3.8, 4) is 0 Å². The predicted octanol–water partition coefficient (Wildman–Crippen LogP) is 2.57. The Labute approximate surface area is 121 Å². The number of amides is 1. The summed E-state index contributed by atoms with van der Waals surface area (Å²) < 4.78 is 0. The summed E-state index contributed by atoms with van der Waals surface area (Å²) in [4.78, 5) is 22.2. The number of rotatable bonds is 2. The van der Waals surface area contributed by atoms with Gasteiger partial charge in [-0.3, -0.25) is 9.69 Å². The highest BCUT2D eigenvalue weighted by Gasteiger charge is 2.31. The van der Waals surface area contributed by atoms with E-state index in [0.717, 1.165) is 10.9 Å². The molecule has 0 saturated carbocycles. The van der Waals surface area contributed by atoms with Gasteiger partial charge in [-0.15, -0.1) is 0 Å². The molecule has 4 nitrogen and oxygen atoms in total. The van der Waals surface area contributed by atoms with Crippen LogP contribution in [-0.2, 0) is 4.79 Å². The molecular formula is C13H12ClN3OS. The largest absolute Gasteiger partial charge is 0.296 e. The van der Waals surface area contributed by atoms with Crippen LogP contribution >= 0.6 is 24.2 Å². The zero-order valence-electron chi connectivity index (χ0n) is 10.1. The molecule has 98 valence electrons. The fourth-order valence-corrected chi connectivity index (χ4v) is 2.76. The highest BCUT2D eigenvalue weighted by molar-refractivity contribution is 7.80. The van der Waals surface area contributed by atoms with Crippen LogP contribution in [0.25, 0.3) is 10.9 Å². The maximum absolute atomic E-state index is 12.1. The fourth-order valence-electron chi connectivity index (χ4n) is 2.35. The smallest absolute Gasteiger partial charge is 0.228 e. The minimum absolute atomic E-state index is 0.0685. The molecule has 1 atom stereocenters. The number of aromatic nitrogens is 2. The van der Waals surface area contributed by atoms with Gasteiger partial charge in [0.05, 0.1) is 5.52 Å². The lowest BCUT2D eigenvalue weighted by Gasteiger charge is -2.17. The van der Waals surface area contributed by atoms with Gasteiger partial charge in [0.2, 0.25) is 11.2 Å². The molecule has 2 aromatic rings. The summed E-state index contributed by atoms with van der Waals surface area (Å²) >= 11 is 10.2. The van der Waals surface area contributed by atoms with E-state index in [9.17, 15) is 4.79 Å². The average Bonchev–Trinajstić information content (AvgIpc) is 2.79. The molecule has 0 radical (unpaired) electrons. The summed E-state index contributed by atoms with van der Waals surface area (Å²) in [5, 5.41) is 1.01. The maximum atomic E-state index is 12.1. The van der Waals surface area contributed by atoms with E-state index in [0.29, 0.717) is 24.5 Å². The molecule has 1 unspecified atom stereocenters. The van der Waals surface area contributed by atoms with Crippen molar-refractivity contribution in [3.05, 3.63) is 29.5 Å². The quantitative estimate of drug-likeness (QED) is 0.684. The third kappa shape index (κ3) is 2.28. The number of nitrogens with zero attached hydrogens (tertiary/aromatic N) is 3. The topological polar surface area (TPSA) is 46.1 Å². The molecule has 0 aliphatic carbocycles. The van der Waals surface area contributed by atoms with Crippen LogP contribution in [0.5, 0.6) is 0 Å². The van der Waals surface area contributed by atoms with Crippen LogP contribution in [-0.4, -0.2) is 28.2 Å². The molecule has 1 aromatic heterocycles. The van der Waals surface area contributed by atoms with Gasteiger partial charge >= 0.3 is 0 Å². The number of benzene rings is 1. The second-order valence-corrected chi connectivity index (χ2v) is 5.29. The van der Waals surface area contributed by atoms with E-state index in [2.05, 4.69) is 22.6 Å². The standard InChI is InChI=1S/C13H12ClN3OS/c14-13-15-10-4-2-1-3-9(10)12(16-13)17-6-8(7-19)5-11(17)18/h1-4,8,19H,5-7H2. The van der Waals surface area contributed by atoms with E-state index in [-0.39, 0.29) is 17.1 Å². The Morgan fingerprint density at radius 1 is 1.37 bits per heavy atom. The first-order chi connectivity index (χ1) is 9.19. The molecule has 0 N–H and O–H groups in total. The maximum Gasteiger partial charge on any atom is 0.228 e. The van der Waals surface area contributed by atoms with Gasteiger partial charge in [-0.1, -0.05) is 12.1 Å². The molecular weight excluding hydrogens is 282 g/mol. The molecule has 1 aliphatic rings. The Morgan fingerprint density at radius 3 is 2.89 bits per heavy atom. The minimum Gasteiger partial charge on any atom is -0.296 e. The normalized spacial score (nSPS) is 19.4. The third-order valence-electron chi connectivity index (χ3n) is 3.27. The molecule has 1 fully saturated rings. The summed E-state index contributed by atoms with van der Waals surface area (Å²) in [6, 6.07) is 7.56. The Morgan fingerprint density at radius 2 is 2.16 bits per heavy atom. The van der Waals surface area contributed by atoms with Gasteiger partial charge in [0, 0.05) is 18.4 Å². The predicted molar refractivity (Wildman–Crippen MR) is 78.9 cm³/mol. The van der Waals surface area contributed by atoms with Gasteiger partial charge in [-0.2, -0.15) is 17.6 Å². The van der Waals surface area contributed by atoms with E-state index >= 15 is 0 Å². The van der Waals surface area contributed by atoms with Crippen molar-refractivity contribution in [2.75, 3.05) is 17.2 Å². The Bertz CT molecular complexity index is 649. The summed E-state index contributed by atoms with van der Waals surface area (Å²) in [5.41, 5.74) is 0.750. The molecule has 2 heterocycles. The van der Waals surface area contributed by atoms with Crippen molar-refractivity contribution in [2.24, 2.45) is 5.92 Å². The number of thiol groups is 1. The van der Waals surface area contributed by atoms with Crippen molar-refractivity contribution in [2.45, 2.75) is 6.42 Å². The molecule has 3 rings (SSSR count). The van der Waals surface area contributed by atoms with Gasteiger partial charge in [-0.25, -0.2) is 4.98 Å². The number of carbonyl (C=O) groups is 1. The van der Waals surface area contributed by atoms with Crippen molar-refractivity contribution < 1.29 is 4.79 Å². The van der Waals surface area contributed by atoms with Crippen LogP contribution in [0.2, 0.25) is 5.28 Å². The second kappa shape index (κ2) is 4.98. The average molecular weight is 294 g/mol. The van der Waals surface area contributed by atoms with Crippen molar-refractivity contribution in [1.29, 1.82) is 0 Å². The van der Waals surface area contributed by atoms with E-state index in [1.807, 2.05) is 24.3 Å². The van der Waals surface area contributed by atoms with E-state index < -0.39 is 0 Å². The van der Waals surface area contributed by atoms with Crippen LogP contribution in [0.3, 0.4) is 0 Å². The van der Waals surface area contributed by atoms with Gasteiger partial charge in [0.25, 0.3) is 0 Å². The highest BCUT2D eigenvalue weighted by Crippen LogP contribution is 2.30. The first-order valence-electron chi connectivity index (χ1n) is 6.02. The lowest BCUT2D eigenvalue weighted by atomic mass is 10.1. The van der Waals surface area contributed by atoms with Crippen molar-refractivity contribution in [3.63, 3.8) is 0 Å². The number of para-hydroxylation sites is 1. The number of carbonyl (C=O) groups excluding carboxylic acids is 1. The Hall–Kier alpha value is -1.33. The summed E-state index contributed by atoms with van der Waals surface area (Å²) in [7, 11) is 0. The summed E-state index contributed by atoms with van der Waals surface area (Å²) in [5.74, 6) is 1.63. The molecule has 0 bridgehead atoms. The number of hydrogen-bond donors (Lipinski definition) is 1. The zero-order valence-corrected chi connectivity index (χ0v) is 11.7. The van der Waals surface area contributed by atoms with Crippen LogP contribution < -0.4 is 4.90 Å². The number of anilines is 1. The van der Waals surface area contributed by atoms with Gasteiger partial charge < -0.3 is 0 Å². The number of halogens is 1. The zero-order chi connectivity index (χ0) is 13.4. The summed E-state index contributed by atoms with van der Waals surface area (Å²) in [6.45, 7) is 0.639. The first kappa shape index (κ1) is 12.7. The molecule has 1 amide bonds. The Kier molecular flexibility index (Phi) is 3.33. The second-order valence-electron chi connectivity index (χ2n) is 4.59. The van der Waals surface area contributed by atoms with Crippen molar-refractivity contribution in [1.82, 2.24) is 9.97 Å². The molecule has 1 saturated heterocycles. The van der Waals surface area contributed by atoms with Gasteiger partial charge in [-0.05, 0) is 35.4 Å². The summed E-state index contributed by atoms with van der Waals surface area (Å²) in [6.07, 6.45) is 0.513. The molecule has 1 aliphatic heterocycles. The van der Waals surface area contributed by atoms with Crippen LogP contribution in [0.4, 0.5) is 5.82 Å². The van der Waals surface area contributed by atoms with Crippen LogP contribution in [0.15, 0.2) is 24.3 Å². The van der Waals surface area contributed by atoms with Gasteiger partial charge in [0.15, 0.2) is 0 Å². The van der Waals surface area contributed by atoms with Gasteiger partial charge in [0.1, 0.15) is 5.82 Å². The van der Waals surface area contributed by atoms with Crippen molar-refractivity contribution >= 4 is 46.9 Å². The van der Waals surface area contributed by atoms with E-state index in [1.165, 1.54) is 0 Å². The molecule has 6 heteroatoms. The number of fused-ring (bicyclic) bond motifs is 1. The molecule has 19 heavy (non-hydrogen) atoms. The monoisotopic (exact) mass is 293 g/mol. The molecule has 0 spiro atoms. The first-order valence-corrected chi connectivity index (χ1v) is 7.03.